The highest BCUT2D eigenvalue weighted by atomic mass is 16.5. The van der Waals surface area contributed by atoms with E-state index in [4.69, 9.17) is 9.15 Å². The van der Waals surface area contributed by atoms with Crippen LogP contribution in [0.3, 0.4) is 0 Å². The minimum absolute atomic E-state index is 0.0184. The van der Waals surface area contributed by atoms with E-state index in [1.54, 1.807) is 19.9 Å². The Hall–Kier alpha value is -2.56. The lowest BCUT2D eigenvalue weighted by Crippen LogP contribution is -2.19. The number of carbonyl (C=O) groups excluding carboxylic acids is 2. The van der Waals surface area contributed by atoms with Crippen molar-refractivity contribution in [1.29, 1.82) is 0 Å². The molecule has 0 spiro atoms. The van der Waals surface area contributed by atoms with Crippen LogP contribution in [-0.2, 0) is 4.74 Å². The summed E-state index contributed by atoms with van der Waals surface area (Å²) in [6, 6.07) is 1.73. The molecule has 102 valence electrons. The summed E-state index contributed by atoms with van der Waals surface area (Å²) in [5.74, 6) is -0.561. The molecule has 0 atom stereocenters. The molecular formula is C15H12O5. The van der Waals surface area contributed by atoms with Crippen LogP contribution < -0.4 is 0 Å². The van der Waals surface area contributed by atoms with Gasteiger partial charge in [0.2, 0.25) is 5.78 Å². The van der Waals surface area contributed by atoms with Crippen LogP contribution in [0, 0.1) is 13.8 Å². The average molecular weight is 272 g/mol. The van der Waals surface area contributed by atoms with Gasteiger partial charge < -0.3 is 14.3 Å². The molecule has 0 unspecified atom stereocenters. The van der Waals surface area contributed by atoms with E-state index in [2.05, 4.69) is 0 Å². The third-order valence-corrected chi connectivity index (χ3v) is 3.51. The quantitative estimate of drug-likeness (QED) is 0.863. The maximum Gasteiger partial charge on any atom is 0.232 e. The second kappa shape index (κ2) is 3.96. The Morgan fingerprint density at radius 3 is 2.55 bits per heavy atom. The number of phenols is 1. The SMILES string of the molecule is COC1=CC(=O)c2c(O)c(C)c3cc(C)oc3c2C1=O. The largest absolute Gasteiger partial charge is 0.507 e. The molecule has 0 radical (unpaired) electrons. The van der Waals surface area contributed by atoms with Crippen molar-refractivity contribution in [2.24, 2.45) is 0 Å². The van der Waals surface area contributed by atoms with E-state index in [-0.39, 0.29) is 22.6 Å². The summed E-state index contributed by atoms with van der Waals surface area (Å²) in [5, 5.41) is 10.8. The molecule has 1 N–H and O–H groups in total. The van der Waals surface area contributed by atoms with Gasteiger partial charge >= 0.3 is 0 Å². The molecule has 1 aromatic heterocycles. The van der Waals surface area contributed by atoms with E-state index in [0.717, 1.165) is 6.08 Å². The highest BCUT2D eigenvalue weighted by molar-refractivity contribution is 6.29. The lowest BCUT2D eigenvalue weighted by atomic mass is 9.89. The number of allylic oxidation sites excluding steroid dienone is 2. The molecule has 0 amide bonds. The number of hydrogen-bond donors (Lipinski definition) is 1. The Morgan fingerprint density at radius 2 is 1.90 bits per heavy atom. The number of methoxy groups -OCH3 is 1. The van der Waals surface area contributed by atoms with E-state index < -0.39 is 11.6 Å². The van der Waals surface area contributed by atoms with Gasteiger partial charge in [0, 0.05) is 17.0 Å². The monoisotopic (exact) mass is 272 g/mol. The molecule has 5 nitrogen and oxygen atoms in total. The number of aryl methyl sites for hydroxylation is 2. The Bertz CT molecular complexity index is 808. The first-order chi connectivity index (χ1) is 9.45. The minimum atomic E-state index is -0.465. The molecular weight excluding hydrogens is 260 g/mol. The first kappa shape index (κ1) is 12.5. The van der Waals surface area contributed by atoms with Crippen molar-refractivity contribution < 1.29 is 23.8 Å². The van der Waals surface area contributed by atoms with Gasteiger partial charge in [-0.25, -0.2) is 0 Å². The third-order valence-electron chi connectivity index (χ3n) is 3.51. The van der Waals surface area contributed by atoms with Crippen molar-refractivity contribution in [2.45, 2.75) is 13.8 Å². The number of Topliss-reactive ketones (excluding diaryl/α,β-unsaturated/α-hetero) is 1. The molecule has 0 aliphatic heterocycles. The van der Waals surface area contributed by atoms with E-state index >= 15 is 0 Å². The maximum atomic E-state index is 12.4. The predicted molar refractivity (Wildman–Crippen MR) is 71.1 cm³/mol. The molecule has 3 rings (SSSR count). The molecule has 1 heterocycles. The van der Waals surface area contributed by atoms with Gasteiger partial charge in [0.1, 0.15) is 17.1 Å². The van der Waals surface area contributed by atoms with Crippen molar-refractivity contribution in [2.75, 3.05) is 7.11 Å². The summed E-state index contributed by atoms with van der Waals surface area (Å²) in [5.41, 5.74) is 0.885. The molecule has 0 saturated carbocycles. The zero-order chi connectivity index (χ0) is 14.6. The van der Waals surface area contributed by atoms with E-state index in [1.165, 1.54) is 7.11 Å². The lowest BCUT2D eigenvalue weighted by Gasteiger charge is -2.17. The first-order valence-corrected chi connectivity index (χ1v) is 6.06. The van der Waals surface area contributed by atoms with Crippen molar-refractivity contribution in [1.82, 2.24) is 0 Å². The number of fused-ring (bicyclic) bond motifs is 3. The molecule has 1 aliphatic rings. The smallest absolute Gasteiger partial charge is 0.232 e. The number of aromatic hydroxyl groups is 1. The number of rotatable bonds is 1. The van der Waals surface area contributed by atoms with Crippen molar-refractivity contribution >= 4 is 22.5 Å². The number of phenolic OH excluding ortho intramolecular Hbond substituents is 1. The fourth-order valence-corrected chi connectivity index (χ4v) is 2.51. The standard InChI is InChI=1S/C15H12O5/c1-6-4-8-7(2)13(17)11-9(16)5-10(19-3)14(18)12(11)15(8)20-6/h4-5,17H,1-3H3. The van der Waals surface area contributed by atoms with Crippen LogP contribution in [0.5, 0.6) is 5.75 Å². The van der Waals surface area contributed by atoms with Crippen LogP contribution in [0.4, 0.5) is 0 Å². The van der Waals surface area contributed by atoms with Crippen molar-refractivity contribution in [3.05, 3.63) is 40.4 Å². The van der Waals surface area contributed by atoms with Crippen LogP contribution in [0.1, 0.15) is 32.0 Å². The zero-order valence-electron chi connectivity index (χ0n) is 11.2. The van der Waals surface area contributed by atoms with Crippen LogP contribution in [0.15, 0.2) is 22.3 Å². The Kier molecular flexibility index (Phi) is 2.47. The Balaban J connectivity index is 2.49. The topological polar surface area (TPSA) is 76.7 Å². The number of carbonyl (C=O) groups is 2. The fraction of sp³-hybridized carbons (Fsp3) is 0.200. The average Bonchev–Trinajstić information content (AvgIpc) is 2.80. The Labute approximate surface area is 114 Å². The fourth-order valence-electron chi connectivity index (χ4n) is 2.51. The van der Waals surface area contributed by atoms with E-state index in [0.29, 0.717) is 22.3 Å². The molecule has 1 aromatic carbocycles. The van der Waals surface area contributed by atoms with Crippen LogP contribution in [0.25, 0.3) is 11.0 Å². The van der Waals surface area contributed by atoms with Gasteiger partial charge in [0.15, 0.2) is 11.5 Å². The van der Waals surface area contributed by atoms with Crippen LogP contribution in [0.2, 0.25) is 0 Å². The summed E-state index contributed by atoms with van der Waals surface area (Å²) in [7, 11) is 1.32. The van der Waals surface area contributed by atoms with Crippen molar-refractivity contribution in [3.8, 4) is 5.75 Å². The number of ether oxygens (including phenoxy) is 1. The predicted octanol–water partition coefficient (Wildman–Crippen LogP) is 2.66. The van der Waals surface area contributed by atoms with Gasteiger partial charge in [-0.15, -0.1) is 0 Å². The third kappa shape index (κ3) is 1.43. The molecule has 0 saturated heterocycles. The van der Waals surface area contributed by atoms with Crippen molar-refractivity contribution in [3.63, 3.8) is 0 Å². The summed E-state index contributed by atoms with van der Waals surface area (Å²) < 4.78 is 10.5. The lowest BCUT2D eigenvalue weighted by molar-refractivity contribution is 0.0915. The number of hydrogen-bond acceptors (Lipinski definition) is 5. The van der Waals surface area contributed by atoms with Gasteiger partial charge in [0.05, 0.1) is 18.2 Å². The molecule has 20 heavy (non-hydrogen) atoms. The number of benzene rings is 1. The second-order valence-corrected chi connectivity index (χ2v) is 4.73. The molecule has 5 heteroatoms. The van der Waals surface area contributed by atoms with Crippen LogP contribution in [-0.4, -0.2) is 23.8 Å². The van der Waals surface area contributed by atoms with Gasteiger partial charge in [-0.3, -0.25) is 9.59 Å². The molecule has 0 fully saturated rings. The highest BCUT2D eigenvalue weighted by Gasteiger charge is 2.34. The van der Waals surface area contributed by atoms with Gasteiger partial charge in [0.25, 0.3) is 0 Å². The summed E-state index contributed by atoms with van der Waals surface area (Å²) >= 11 is 0. The number of ketones is 2. The van der Waals surface area contributed by atoms with Crippen LogP contribution >= 0.6 is 0 Å². The summed E-state index contributed by atoms with van der Waals surface area (Å²) in [6.45, 7) is 3.42. The normalized spacial score (nSPS) is 14.4. The molecule has 1 aliphatic carbocycles. The highest BCUT2D eigenvalue weighted by Crippen LogP contribution is 2.39. The molecule has 0 bridgehead atoms. The van der Waals surface area contributed by atoms with E-state index in [1.807, 2.05) is 0 Å². The summed E-state index contributed by atoms with van der Waals surface area (Å²) in [4.78, 5) is 24.5. The second-order valence-electron chi connectivity index (χ2n) is 4.73. The Morgan fingerprint density at radius 1 is 1.20 bits per heavy atom. The number of furan rings is 1. The summed E-state index contributed by atoms with van der Waals surface area (Å²) in [6.07, 6.45) is 1.09. The molecule has 2 aromatic rings. The van der Waals surface area contributed by atoms with Gasteiger partial charge in [-0.05, 0) is 19.9 Å². The van der Waals surface area contributed by atoms with Gasteiger partial charge in [-0.2, -0.15) is 0 Å². The zero-order valence-corrected chi connectivity index (χ0v) is 11.2. The van der Waals surface area contributed by atoms with Gasteiger partial charge in [-0.1, -0.05) is 0 Å². The first-order valence-electron chi connectivity index (χ1n) is 6.06. The maximum absolute atomic E-state index is 12.4. The van der Waals surface area contributed by atoms with E-state index in [9.17, 15) is 14.7 Å². The minimum Gasteiger partial charge on any atom is -0.507 e.